The van der Waals surface area contributed by atoms with Crippen LogP contribution in [0.25, 0.3) is 0 Å². The number of hydrogen-bond donors (Lipinski definition) is 0. The van der Waals surface area contributed by atoms with Crippen LogP contribution in [0.4, 0.5) is 0 Å². The molecule has 0 aromatic heterocycles. The van der Waals surface area contributed by atoms with E-state index in [0.717, 1.165) is 35.7 Å². The van der Waals surface area contributed by atoms with Crippen molar-refractivity contribution in [2.45, 2.75) is 33.1 Å². The maximum absolute atomic E-state index is 11.9. The second-order valence-corrected chi connectivity index (χ2v) is 4.65. The molecule has 0 fully saturated rings. The van der Waals surface area contributed by atoms with E-state index in [9.17, 15) is 4.79 Å². The summed E-state index contributed by atoms with van der Waals surface area (Å²) in [4.78, 5) is 11.9. The molecule has 0 saturated heterocycles. The second-order valence-electron chi connectivity index (χ2n) is 3.86. The summed E-state index contributed by atoms with van der Waals surface area (Å²) in [6.07, 6.45) is 2.87. The van der Waals surface area contributed by atoms with Gasteiger partial charge in [0, 0.05) is 5.33 Å². The highest BCUT2D eigenvalue weighted by molar-refractivity contribution is 9.09. The summed E-state index contributed by atoms with van der Waals surface area (Å²) in [6.45, 7) is 4.34. The zero-order valence-corrected chi connectivity index (χ0v) is 12.0. The predicted molar refractivity (Wildman–Crippen MR) is 73.9 cm³/mol. The first-order valence-electron chi connectivity index (χ1n) is 6.07. The van der Waals surface area contributed by atoms with Gasteiger partial charge in [0.25, 0.3) is 0 Å². The van der Waals surface area contributed by atoms with Crippen LogP contribution < -0.4 is 0 Å². The maximum Gasteiger partial charge on any atom is 0.338 e. The SMILES string of the molecule is CCOC(=O)c1cc(CC)ccc1CCCBr. The fourth-order valence-electron chi connectivity index (χ4n) is 1.72. The van der Waals surface area contributed by atoms with Crippen LogP contribution in [0.2, 0.25) is 0 Å². The minimum atomic E-state index is -0.202. The van der Waals surface area contributed by atoms with Crippen molar-refractivity contribution in [3.8, 4) is 0 Å². The van der Waals surface area contributed by atoms with Crippen molar-refractivity contribution in [1.82, 2.24) is 0 Å². The van der Waals surface area contributed by atoms with Gasteiger partial charge in [0.05, 0.1) is 12.2 Å². The third-order valence-electron chi connectivity index (χ3n) is 2.66. The standard InChI is InChI=1S/C14H19BrO2/c1-3-11-7-8-12(6-5-9-15)13(10-11)14(16)17-4-2/h7-8,10H,3-6,9H2,1-2H3. The topological polar surface area (TPSA) is 26.3 Å². The fraction of sp³-hybridized carbons (Fsp3) is 0.500. The van der Waals surface area contributed by atoms with Gasteiger partial charge in [-0.3, -0.25) is 0 Å². The Morgan fingerprint density at radius 2 is 2.12 bits per heavy atom. The van der Waals surface area contributed by atoms with E-state index in [-0.39, 0.29) is 5.97 Å². The lowest BCUT2D eigenvalue weighted by molar-refractivity contribution is 0.0525. The number of alkyl halides is 1. The molecule has 0 atom stereocenters. The summed E-state index contributed by atoms with van der Waals surface area (Å²) in [5, 5.41) is 0.949. The van der Waals surface area contributed by atoms with Crippen molar-refractivity contribution < 1.29 is 9.53 Å². The molecule has 0 heterocycles. The van der Waals surface area contributed by atoms with Crippen molar-refractivity contribution in [2.24, 2.45) is 0 Å². The molecule has 1 aromatic carbocycles. The molecule has 0 saturated carbocycles. The molecular weight excluding hydrogens is 280 g/mol. The number of benzene rings is 1. The van der Waals surface area contributed by atoms with E-state index < -0.39 is 0 Å². The Kier molecular flexibility index (Phi) is 6.27. The van der Waals surface area contributed by atoms with Crippen LogP contribution >= 0.6 is 15.9 Å². The van der Waals surface area contributed by atoms with Crippen LogP contribution in [-0.4, -0.2) is 17.9 Å². The third kappa shape index (κ3) is 4.15. The number of carbonyl (C=O) groups is 1. The maximum atomic E-state index is 11.9. The number of hydrogen-bond acceptors (Lipinski definition) is 2. The number of halogens is 1. The van der Waals surface area contributed by atoms with E-state index in [0.29, 0.717) is 6.61 Å². The van der Waals surface area contributed by atoms with E-state index in [1.807, 2.05) is 19.1 Å². The molecule has 0 amide bonds. The van der Waals surface area contributed by atoms with Gasteiger partial charge >= 0.3 is 5.97 Å². The summed E-state index contributed by atoms with van der Waals surface area (Å²) in [7, 11) is 0. The lowest BCUT2D eigenvalue weighted by Gasteiger charge is -2.10. The van der Waals surface area contributed by atoms with Crippen molar-refractivity contribution in [3.05, 3.63) is 34.9 Å². The smallest absolute Gasteiger partial charge is 0.338 e. The van der Waals surface area contributed by atoms with Crippen molar-refractivity contribution in [3.63, 3.8) is 0 Å². The Morgan fingerprint density at radius 3 is 2.71 bits per heavy atom. The first-order chi connectivity index (χ1) is 8.22. The van der Waals surface area contributed by atoms with Crippen LogP contribution in [0, 0.1) is 0 Å². The molecular formula is C14H19BrO2. The molecule has 0 radical (unpaired) electrons. The van der Waals surface area contributed by atoms with Gasteiger partial charge in [-0.15, -0.1) is 0 Å². The van der Waals surface area contributed by atoms with Crippen molar-refractivity contribution in [2.75, 3.05) is 11.9 Å². The van der Waals surface area contributed by atoms with E-state index in [1.165, 1.54) is 5.56 Å². The zero-order valence-electron chi connectivity index (χ0n) is 10.5. The second kappa shape index (κ2) is 7.49. The highest BCUT2D eigenvalue weighted by Crippen LogP contribution is 2.16. The molecule has 0 aliphatic rings. The van der Waals surface area contributed by atoms with Gasteiger partial charge in [0.15, 0.2) is 0 Å². The summed E-state index contributed by atoms with van der Waals surface area (Å²) in [6, 6.07) is 6.10. The van der Waals surface area contributed by atoms with Crippen LogP contribution in [0.1, 0.15) is 41.8 Å². The normalized spacial score (nSPS) is 10.3. The van der Waals surface area contributed by atoms with Crippen LogP contribution in [0.5, 0.6) is 0 Å². The summed E-state index contributed by atoms with van der Waals surface area (Å²) in [5.74, 6) is -0.202. The fourth-order valence-corrected chi connectivity index (χ4v) is 2.00. The molecule has 94 valence electrons. The number of aryl methyl sites for hydroxylation is 2. The summed E-state index contributed by atoms with van der Waals surface area (Å²) < 4.78 is 5.10. The van der Waals surface area contributed by atoms with Gasteiger partial charge in [-0.2, -0.15) is 0 Å². The molecule has 3 heteroatoms. The van der Waals surface area contributed by atoms with Gasteiger partial charge in [-0.05, 0) is 43.4 Å². The molecule has 0 aliphatic carbocycles. The number of esters is 1. The van der Waals surface area contributed by atoms with E-state index in [4.69, 9.17) is 4.74 Å². The molecule has 0 spiro atoms. The van der Waals surface area contributed by atoms with Gasteiger partial charge < -0.3 is 4.74 Å². The average molecular weight is 299 g/mol. The largest absolute Gasteiger partial charge is 0.462 e. The monoisotopic (exact) mass is 298 g/mol. The minimum absolute atomic E-state index is 0.202. The summed E-state index contributed by atoms with van der Waals surface area (Å²) in [5.41, 5.74) is 2.99. The molecule has 0 unspecified atom stereocenters. The summed E-state index contributed by atoms with van der Waals surface area (Å²) >= 11 is 3.41. The van der Waals surface area contributed by atoms with E-state index in [2.05, 4.69) is 28.9 Å². The highest BCUT2D eigenvalue weighted by atomic mass is 79.9. The van der Waals surface area contributed by atoms with Crippen molar-refractivity contribution in [1.29, 1.82) is 0 Å². The molecule has 2 nitrogen and oxygen atoms in total. The Hall–Kier alpha value is -0.830. The Labute approximate surface area is 111 Å². The van der Waals surface area contributed by atoms with Crippen LogP contribution in [-0.2, 0) is 17.6 Å². The molecule has 1 aromatic rings. The lowest BCUT2D eigenvalue weighted by Crippen LogP contribution is -2.09. The molecule has 1 rings (SSSR count). The van der Waals surface area contributed by atoms with Gasteiger partial charge in [0.1, 0.15) is 0 Å². The molecule has 0 N–H and O–H groups in total. The average Bonchev–Trinajstić information content (AvgIpc) is 2.36. The van der Waals surface area contributed by atoms with Gasteiger partial charge in [0.2, 0.25) is 0 Å². The van der Waals surface area contributed by atoms with Gasteiger partial charge in [-0.25, -0.2) is 4.79 Å². The van der Waals surface area contributed by atoms with E-state index in [1.54, 1.807) is 0 Å². The number of rotatable bonds is 6. The minimum Gasteiger partial charge on any atom is -0.462 e. The molecule has 0 bridgehead atoms. The lowest BCUT2D eigenvalue weighted by atomic mass is 9.99. The third-order valence-corrected chi connectivity index (χ3v) is 3.22. The Bertz CT molecular complexity index is 374. The molecule has 17 heavy (non-hydrogen) atoms. The highest BCUT2D eigenvalue weighted by Gasteiger charge is 2.12. The van der Waals surface area contributed by atoms with E-state index >= 15 is 0 Å². The zero-order chi connectivity index (χ0) is 12.7. The Balaban J connectivity index is 2.98. The van der Waals surface area contributed by atoms with Crippen LogP contribution in [0.15, 0.2) is 18.2 Å². The number of carbonyl (C=O) groups excluding carboxylic acids is 1. The molecule has 0 aliphatic heterocycles. The van der Waals surface area contributed by atoms with Crippen molar-refractivity contribution >= 4 is 21.9 Å². The first kappa shape index (κ1) is 14.2. The predicted octanol–water partition coefficient (Wildman–Crippen LogP) is 3.75. The van der Waals surface area contributed by atoms with Crippen LogP contribution in [0.3, 0.4) is 0 Å². The first-order valence-corrected chi connectivity index (χ1v) is 7.20. The Morgan fingerprint density at radius 1 is 1.35 bits per heavy atom. The quantitative estimate of drug-likeness (QED) is 0.590. The number of ether oxygens (including phenoxy) is 1. The van der Waals surface area contributed by atoms with Gasteiger partial charge in [-0.1, -0.05) is 35.0 Å².